The highest BCUT2D eigenvalue weighted by molar-refractivity contribution is 5.87. The number of carbonyl (C=O) groups excluding carboxylic acids is 1. The van der Waals surface area contributed by atoms with Gasteiger partial charge in [0.15, 0.2) is 11.2 Å². The zero-order chi connectivity index (χ0) is 21.6. The van der Waals surface area contributed by atoms with Crippen LogP contribution in [0.25, 0.3) is 0 Å². The second-order valence-corrected chi connectivity index (χ2v) is 8.08. The van der Waals surface area contributed by atoms with Crippen molar-refractivity contribution in [3.8, 4) is 0 Å². The molecule has 0 aromatic carbocycles. The summed E-state index contributed by atoms with van der Waals surface area (Å²) < 4.78 is 83.1. The number of aliphatic hydroxyl groups is 1. The van der Waals surface area contributed by atoms with E-state index in [1.165, 1.54) is 13.8 Å². The summed E-state index contributed by atoms with van der Waals surface area (Å²) in [6, 6.07) is 0. The van der Waals surface area contributed by atoms with Crippen molar-refractivity contribution in [2.45, 2.75) is 94.8 Å². The molecule has 0 aromatic heterocycles. The first-order valence-electron chi connectivity index (χ1n) is 9.42. The third kappa shape index (κ3) is 3.44. The summed E-state index contributed by atoms with van der Waals surface area (Å²) in [5.74, 6) is -10.1. The Bertz CT molecular complexity index is 624. The molecule has 0 aromatic rings. The predicted molar refractivity (Wildman–Crippen MR) is 90.6 cm³/mol. The molecule has 28 heavy (non-hydrogen) atoms. The van der Waals surface area contributed by atoms with Crippen molar-refractivity contribution in [3.05, 3.63) is 12.2 Å². The van der Waals surface area contributed by atoms with Crippen molar-refractivity contribution in [2.75, 3.05) is 0 Å². The number of rotatable bonds is 4. The lowest BCUT2D eigenvalue weighted by Gasteiger charge is -2.58. The van der Waals surface area contributed by atoms with E-state index in [1.807, 2.05) is 0 Å². The molecule has 1 saturated carbocycles. The lowest BCUT2D eigenvalue weighted by atomic mass is 9.66. The Kier molecular flexibility index (Phi) is 5.96. The standard InChI is InChI=1S/C19H27F5O4/c1-5-16(27-14(25)12(2)3)11-17(19(22,23)24,13-9-7-6-8-10-13)28-15(4,26)18(16,20)21/h13,26H,2,5-11H2,1,3-4H3. The highest BCUT2D eigenvalue weighted by Crippen LogP contribution is 2.61. The molecular formula is C19H27F5O4. The van der Waals surface area contributed by atoms with Crippen LogP contribution in [0.2, 0.25) is 0 Å². The molecule has 4 nitrogen and oxygen atoms in total. The predicted octanol–water partition coefficient (Wildman–Crippen LogP) is 4.90. The van der Waals surface area contributed by atoms with Crippen molar-refractivity contribution in [2.24, 2.45) is 5.92 Å². The molecule has 2 fully saturated rings. The highest BCUT2D eigenvalue weighted by Gasteiger charge is 2.79. The summed E-state index contributed by atoms with van der Waals surface area (Å²) in [5, 5.41) is 10.4. The van der Waals surface area contributed by atoms with Crippen molar-refractivity contribution >= 4 is 5.97 Å². The summed E-state index contributed by atoms with van der Waals surface area (Å²) in [6.45, 7) is 6.21. The van der Waals surface area contributed by atoms with Gasteiger partial charge in [0.1, 0.15) is 0 Å². The largest absolute Gasteiger partial charge is 0.449 e. The van der Waals surface area contributed by atoms with Crippen molar-refractivity contribution in [3.63, 3.8) is 0 Å². The van der Waals surface area contributed by atoms with E-state index < -0.39 is 53.8 Å². The van der Waals surface area contributed by atoms with E-state index in [0.29, 0.717) is 19.8 Å². The van der Waals surface area contributed by atoms with Crippen LogP contribution >= 0.6 is 0 Å². The maximum atomic E-state index is 15.2. The first-order valence-corrected chi connectivity index (χ1v) is 9.42. The maximum Gasteiger partial charge on any atom is 0.418 e. The minimum Gasteiger partial charge on any atom is -0.449 e. The molecule has 0 amide bonds. The third-order valence-corrected chi connectivity index (χ3v) is 6.04. The molecule has 1 heterocycles. The Hall–Kier alpha value is -1.22. The van der Waals surface area contributed by atoms with Crippen LogP contribution in [0.5, 0.6) is 0 Å². The van der Waals surface area contributed by atoms with Gasteiger partial charge in [0, 0.05) is 12.0 Å². The van der Waals surface area contributed by atoms with Crippen LogP contribution in [-0.4, -0.2) is 40.2 Å². The van der Waals surface area contributed by atoms with Crippen LogP contribution in [0.15, 0.2) is 12.2 Å². The smallest absolute Gasteiger partial charge is 0.418 e. The first-order chi connectivity index (χ1) is 12.7. The van der Waals surface area contributed by atoms with Gasteiger partial charge in [-0.1, -0.05) is 32.8 Å². The van der Waals surface area contributed by atoms with Crippen LogP contribution in [0, 0.1) is 5.92 Å². The Labute approximate surface area is 161 Å². The summed E-state index contributed by atoms with van der Waals surface area (Å²) >= 11 is 0. The Balaban J connectivity index is 2.66. The SMILES string of the molecule is C=C(C)C(=O)OC1(CC)CC(C2CCCCC2)(C(F)(F)F)OC(C)(O)C1(F)F. The third-order valence-electron chi connectivity index (χ3n) is 6.04. The van der Waals surface area contributed by atoms with Gasteiger partial charge in [-0.25, -0.2) is 4.79 Å². The molecule has 0 bridgehead atoms. The number of hydrogen-bond donors (Lipinski definition) is 1. The van der Waals surface area contributed by atoms with Gasteiger partial charge in [0.25, 0.3) is 0 Å². The number of carbonyl (C=O) groups is 1. The maximum absolute atomic E-state index is 15.2. The number of halogens is 5. The molecule has 0 spiro atoms. The molecule has 3 unspecified atom stereocenters. The molecule has 1 aliphatic carbocycles. The molecule has 1 saturated heterocycles. The monoisotopic (exact) mass is 414 g/mol. The lowest BCUT2D eigenvalue weighted by molar-refractivity contribution is -0.467. The molecule has 162 valence electrons. The average Bonchev–Trinajstić information content (AvgIpc) is 2.58. The van der Waals surface area contributed by atoms with Gasteiger partial charge >= 0.3 is 18.1 Å². The summed E-state index contributed by atoms with van der Waals surface area (Å²) in [4.78, 5) is 12.1. The van der Waals surface area contributed by atoms with Gasteiger partial charge in [-0.05, 0) is 39.0 Å². The normalized spacial score (nSPS) is 36.8. The molecule has 1 aliphatic heterocycles. The minimum atomic E-state index is -5.05. The summed E-state index contributed by atoms with van der Waals surface area (Å²) in [7, 11) is 0. The number of alkyl halides is 5. The molecule has 0 radical (unpaired) electrons. The number of hydrogen-bond acceptors (Lipinski definition) is 4. The summed E-state index contributed by atoms with van der Waals surface area (Å²) in [6.07, 6.45) is -5.00. The Morgan fingerprint density at radius 2 is 1.79 bits per heavy atom. The zero-order valence-electron chi connectivity index (χ0n) is 16.3. The van der Waals surface area contributed by atoms with Gasteiger partial charge in [0.05, 0.1) is 0 Å². The van der Waals surface area contributed by atoms with Crippen molar-refractivity contribution in [1.29, 1.82) is 0 Å². The number of ether oxygens (including phenoxy) is 2. The van der Waals surface area contributed by atoms with E-state index in [4.69, 9.17) is 9.47 Å². The second-order valence-electron chi connectivity index (χ2n) is 8.08. The van der Waals surface area contributed by atoms with E-state index in [0.717, 1.165) is 6.42 Å². The second kappa shape index (κ2) is 7.23. The molecule has 3 atom stereocenters. The Morgan fingerprint density at radius 3 is 2.21 bits per heavy atom. The van der Waals surface area contributed by atoms with Crippen LogP contribution in [0.1, 0.15) is 65.7 Å². The quantitative estimate of drug-likeness (QED) is 0.404. The molecule has 2 rings (SSSR count). The fourth-order valence-corrected chi connectivity index (χ4v) is 4.38. The highest BCUT2D eigenvalue weighted by atomic mass is 19.4. The van der Waals surface area contributed by atoms with Gasteiger partial charge in [-0.2, -0.15) is 22.0 Å². The lowest BCUT2D eigenvalue weighted by Crippen LogP contribution is -2.76. The minimum absolute atomic E-state index is 0.120. The summed E-state index contributed by atoms with van der Waals surface area (Å²) in [5.41, 5.74) is -6.17. The first kappa shape index (κ1) is 23.1. The van der Waals surface area contributed by atoms with E-state index in [2.05, 4.69) is 6.58 Å². The van der Waals surface area contributed by atoms with E-state index in [9.17, 15) is 23.1 Å². The number of esters is 1. The van der Waals surface area contributed by atoms with Gasteiger partial charge in [0.2, 0.25) is 5.79 Å². The van der Waals surface area contributed by atoms with Crippen LogP contribution in [-0.2, 0) is 14.3 Å². The van der Waals surface area contributed by atoms with E-state index >= 15 is 8.78 Å². The molecular weight excluding hydrogens is 387 g/mol. The average molecular weight is 414 g/mol. The Morgan fingerprint density at radius 1 is 1.25 bits per heavy atom. The fraction of sp³-hybridized carbons (Fsp3) is 0.842. The van der Waals surface area contributed by atoms with Crippen LogP contribution < -0.4 is 0 Å². The van der Waals surface area contributed by atoms with E-state index in [1.54, 1.807) is 0 Å². The topological polar surface area (TPSA) is 55.8 Å². The van der Waals surface area contributed by atoms with Gasteiger partial charge < -0.3 is 14.6 Å². The zero-order valence-corrected chi connectivity index (χ0v) is 16.3. The van der Waals surface area contributed by atoms with E-state index in [-0.39, 0.29) is 18.4 Å². The van der Waals surface area contributed by atoms with Gasteiger partial charge in [-0.3, -0.25) is 0 Å². The van der Waals surface area contributed by atoms with Crippen LogP contribution in [0.3, 0.4) is 0 Å². The van der Waals surface area contributed by atoms with Crippen molar-refractivity contribution < 1.29 is 41.3 Å². The fourth-order valence-electron chi connectivity index (χ4n) is 4.38. The van der Waals surface area contributed by atoms with Crippen LogP contribution in [0.4, 0.5) is 22.0 Å². The van der Waals surface area contributed by atoms with Gasteiger partial charge in [-0.15, -0.1) is 0 Å². The molecule has 9 heteroatoms. The molecule has 1 N–H and O–H groups in total. The molecule has 2 aliphatic rings. The van der Waals surface area contributed by atoms with Crippen molar-refractivity contribution in [1.82, 2.24) is 0 Å².